The van der Waals surface area contributed by atoms with Crippen molar-refractivity contribution in [1.82, 2.24) is 10.2 Å². The van der Waals surface area contributed by atoms with Gasteiger partial charge in [-0.2, -0.15) is 13.2 Å². The Morgan fingerprint density at radius 3 is 2.40 bits per heavy atom. The highest BCUT2D eigenvalue weighted by Gasteiger charge is 2.50. The van der Waals surface area contributed by atoms with Gasteiger partial charge in [0.05, 0.1) is 0 Å². The number of amides is 2. The topological polar surface area (TPSA) is 58.6 Å². The molecular formula is C19H22F6N2O3. The first-order valence-electron chi connectivity index (χ1n) is 9.12. The number of hydrogen-bond donors (Lipinski definition) is 1. The zero-order valence-electron chi connectivity index (χ0n) is 16.5. The van der Waals surface area contributed by atoms with Gasteiger partial charge in [0.1, 0.15) is 23.5 Å². The van der Waals surface area contributed by atoms with Crippen LogP contribution in [0.25, 0.3) is 0 Å². The van der Waals surface area contributed by atoms with Crippen LogP contribution in [0.4, 0.5) is 31.1 Å². The molecule has 0 saturated carbocycles. The second-order valence-corrected chi connectivity index (χ2v) is 7.95. The fourth-order valence-electron chi connectivity index (χ4n) is 3.10. The number of carbonyl (C=O) groups excluding carboxylic acids is 2. The van der Waals surface area contributed by atoms with E-state index in [1.165, 1.54) is 0 Å². The molecule has 30 heavy (non-hydrogen) atoms. The molecule has 168 valence electrons. The monoisotopic (exact) mass is 440 g/mol. The standard InChI is InChI=1S/C19H22F6N2O3/c1-18(2,3)30-17(29)26-13-6-7-14(19(23,24)25)27(16(13)28)9-11-8-10(15(21)22)4-5-12(11)20/h4-5,8,13-15H,6-7,9H2,1-3H3,(H,26,29)/t13-,14+/m1/s1. The molecule has 1 aromatic rings. The number of ether oxygens (including phenoxy) is 1. The van der Waals surface area contributed by atoms with E-state index in [1.54, 1.807) is 20.8 Å². The van der Waals surface area contributed by atoms with Crippen LogP contribution in [0, 0.1) is 5.82 Å². The van der Waals surface area contributed by atoms with Crippen molar-refractivity contribution in [3.63, 3.8) is 0 Å². The minimum atomic E-state index is -4.82. The summed E-state index contributed by atoms with van der Waals surface area (Å²) in [5, 5.41) is 2.22. The molecule has 2 rings (SSSR count). The summed E-state index contributed by atoms with van der Waals surface area (Å²) >= 11 is 0. The number of nitrogens with one attached hydrogen (secondary N) is 1. The fourth-order valence-corrected chi connectivity index (χ4v) is 3.10. The predicted octanol–water partition coefficient (Wildman–Crippen LogP) is 4.71. The molecule has 0 unspecified atom stereocenters. The Balaban J connectivity index is 2.29. The average Bonchev–Trinajstić information content (AvgIpc) is 2.57. The molecule has 0 spiro atoms. The van der Waals surface area contributed by atoms with E-state index in [0.717, 1.165) is 12.1 Å². The quantitative estimate of drug-likeness (QED) is 0.690. The van der Waals surface area contributed by atoms with Crippen LogP contribution in [0.3, 0.4) is 0 Å². The van der Waals surface area contributed by atoms with Crippen molar-refractivity contribution in [3.8, 4) is 0 Å². The number of likely N-dealkylation sites (tertiary alicyclic amines) is 1. The molecule has 0 bridgehead atoms. The largest absolute Gasteiger partial charge is 0.444 e. The second-order valence-electron chi connectivity index (χ2n) is 7.95. The molecule has 1 heterocycles. The maximum absolute atomic E-state index is 14.1. The van der Waals surface area contributed by atoms with Crippen molar-refractivity contribution in [1.29, 1.82) is 0 Å². The number of halogens is 6. The van der Waals surface area contributed by atoms with Crippen LogP contribution in [0.5, 0.6) is 0 Å². The van der Waals surface area contributed by atoms with Crippen molar-refractivity contribution in [2.24, 2.45) is 0 Å². The molecule has 1 saturated heterocycles. The summed E-state index contributed by atoms with van der Waals surface area (Å²) in [6, 6.07) is -1.30. The first-order chi connectivity index (χ1) is 13.7. The van der Waals surface area contributed by atoms with E-state index in [0.29, 0.717) is 11.0 Å². The third kappa shape index (κ3) is 6.02. The lowest BCUT2D eigenvalue weighted by Gasteiger charge is -2.40. The average molecular weight is 440 g/mol. The van der Waals surface area contributed by atoms with Crippen LogP contribution in [-0.2, 0) is 16.1 Å². The smallest absolute Gasteiger partial charge is 0.408 e. The van der Waals surface area contributed by atoms with Gasteiger partial charge in [0, 0.05) is 17.7 Å². The van der Waals surface area contributed by atoms with Crippen LogP contribution in [0.1, 0.15) is 51.2 Å². The molecule has 0 radical (unpaired) electrons. The first-order valence-corrected chi connectivity index (χ1v) is 9.12. The van der Waals surface area contributed by atoms with Gasteiger partial charge in [-0.3, -0.25) is 4.79 Å². The highest BCUT2D eigenvalue weighted by molar-refractivity contribution is 5.86. The zero-order chi connectivity index (χ0) is 22.9. The molecule has 0 aliphatic carbocycles. The number of nitrogens with zero attached hydrogens (tertiary/aromatic N) is 1. The molecule has 1 aliphatic rings. The number of benzene rings is 1. The van der Waals surface area contributed by atoms with E-state index in [9.17, 15) is 35.9 Å². The fraction of sp³-hybridized carbons (Fsp3) is 0.579. The molecule has 2 amide bonds. The van der Waals surface area contributed by atoms with E-state index in [4.69, 9.17) is 4.74 Å². The zero-order valence-corrected chi connectivity index (χ0v) is 16.5. The Bertz CT molecular complexity index is 791. The second kappa shape index (κ2) is 8.73. The Hall–Kier alpha value is -2.46. The normalized spacial score (nSPS) is 20.5. The summed E-state index contributed by atoms with van der Waals surface area (Å²) in [6.45, 7) is 3.84. The molecule has 11 heteroatoms. The first kappa shape index (κ1) is 23.8. The summed E-state index contributed by atoms with van der Waals surface area (Å²) in [4.78, 5) is 25.0. The molecule has 1 fully saturated rings. The number of alkyl halides is 5. The van der Waals surface area contributed by atoms with Crippen LogP contribution in [-0.4, -0.2) is 40.8 Å². The SMILES string of the molecule is CC(C)(C)OC(=O)N[C@@H]1CC[C@@H](C(F)(F)F)N(Cc2cc(C(F)F)ccc2F)C1=O. The molecule has 5 nitrogen and oxygen atoms in total. The molecule has 2 atom stereocenters. The number of carbonyl (C=O) groups is 2. The van der Waals surface area contributed by atoms with E-state index in [-0.39, 0.29) is 6.42 Å². The van der Waals surface area contributed by atoms with Crippen molar-refractivity contribution in [2.75, 3.05) is 0 Å². The maximum Gasteiger partial charge on any atom is 0.408 e. The summed E-state index contributed by atoms with van der Waals surface area (Å²) in [7, 11) is 0. The number of piperidine rings is 1. The predicted molar refractivity (Wildman–Crippen MR) is 94.1 cm³/mol. The van der Waals surface area contributed by atoms with Crippen molar-refractivity contribution >= 4 is 12.0 Å². The van der Waals surface area contributed by atoms with Gasteiger partial charge in [0.2, 0.25) is 5.91 Å². The minimum absolute atomic E-state index is 0.307. The molecule has 0 aromatic heterocycles. The maximum atomic E-state index is 14.1. The Kier molecular flexibility index (Phi) is 6.93. The van der Waals surface area contributed by atoms with Gasteiger partial charge in [-0.1, -0.05) is 6.07 Å². The summed E-state index contributed by atoms with van der Waals surface area (Å²) < 4.78 is 85.3. The minimum Gasteiger partial charge on any atom is -0.444 e. The molecule has 1 aliphatic heterocycles. The summed E-state index contributed by atoms with van der Waals surface area (Å²) in [5.74, 6) is -2.12. The van der Waals surface area contributed by atoms with Gasteiger partial charge < -0.3 is 15.0 Å². The number of rotatable bonds is 4. The van der Waals surface area contributed by atoms with Gasteiger partial charge in [0.25, 0.3) is 6.43 Å². The third-order valence-corrected chi connectivity index (χ3v) is 4.42. The van der Waals surface area contributed by atoms with Gasteiger partial charge >= 0.3 is 12.3 Å². The number of hydrogen-bond acceptors (Lipinski definition) is 3. The van der Waals surface area contributed by atoms with Gasteiger partial charge in [-0.05, 0) is 45.7 Å². The van der Waals surface area contributed by atoms with Crippen LogP contribution in [0.15, 0.2) is 18.2 Å². The Morgan fingerprint density at radius 1 is 1.23 bits per heavy atom. The van der Waals surface area contributed by atoms with Gasteiger partial charge in [-0.25, -0.2) is 18.0 Å². The summed E-state index contributed by atoms with van der Waals surface area (Å²) in [6.07, 6.45) is -9.62. The number of alkyl carbamates (subject to hydrolysis) is 1. The van der Waals surface area contributed by atoms with Crippen molar-refractivity contribution < 1.29 is 40.7 Å². The van der Waals surface area contributed by atoms with Crippen LogP contribution < -0.4 is 5.32 Å². The van der Waals surface area contributed by atoms with E-state index >= 15 is 0 Å². The molecule has 1 N–H and O–H groups in total. The highest BCUT2D eigenvalue weighted by atomic mass is 19.4. The van der Waals surface area contributed by atoms with Gasteiger partial charge in [-0.15, -0.1) is 0 Å². The van der Waals surface area contributed by atoms with Crippen LogP contribution in [0.2, 0.25) is 0 Å². The Labute approximate surface area is 169 Å². The van der Waals surface area contributed by atoms with Gasteiger partial charge in [0.15, 0.2) is 0 Å². The highest BCUT2D eigenvalue weighted by Crippen LogP contribution is 2.34. The summed E-state index contributed by atoms with van der Waals surface area (Å²) in [5.41, 5.74) is -1.95. The third-order valence-electron chi connectivity index (χ3n) is 4.42. The van der Waals surface area contributed by atoms with E-state index in [1.807, 2.05) is 0 Å². The lowest BCUT2D eigenvalue weighted by atomic mass is 9.95. The van der Waals surface area contributed by atoms with Crippen molar-refractivity contribution in [2.45, 2.75) is 70.4 Å². The van der Waals surface area contributed by atoms with E-state index < -0.39 is 72.2 Å². The van der Waals surface area contributed by atoms with Crippen molar-refractivity contribution in [3.05, 3.63) is 35.1 Å². The lowest BCUT2D eigenvalue weighted by Crippen LogP contribution is -2.59. The Morgan fingerprint density at radius 2 is 1.87 bits per heavy atom. The van der Waals surface area contributed by atoms with Crippen LogP contribution >= 0.6 is 0 Å². The molecule has 1 aromatic carbocycles. The lowest BCUT2D eigenvalue weighted by molar-refractivity contribution is -0.199. The van der Waals surface area contributed by atoms with E-state index in [2.05, 4.69) is 5.32 Å². The molecular weight excluding hydrogens is 418 g/mol.